The van der Waals surface area contributed by atoms with E-state index in [-0.39, 0.29) is 27.4 Å². The van der Waals surface area contributed by atoms with Crippen LogP contribution in [0.2, 0.25) is 0 Å². The molecule has 0 aliphatic carbocycles. The van der Waals surface area contributed by atoms with Crippen molar-refractivity contribution in [3.05, 3.63) is 62.4 Å². The van der Waals surface area contributed by atoms with Crippen molar-refractivity contribution in [1.29, 1.82) is 0 Å². The number of aromatic amines is 1. The largest absolute Gasteiger partial charge is 0.431 e. The van der Waals surface area contributed by atoms with Gasteiger partial charge in [-0.1, -0.05) is 12.1 Å². The number of nitro groups is 1. The van der Waals surface area contributed by atoms with Gasteiger partial charge in [0.05, 0.1) is 15.8 Å². The van der Waals surface area contributed by atoms with Gasteiger partial charge < -0.3 is 4.98 Å². The Morgan fingerprint density at radius 1 is 1.05 bits per heavy atom. The van der Waals surface area contributed by atoms with E-state index in [2.05, 4.69) is 4.98 Å². The lowest BCUT2D eigenvalue weighted by Crippen LogP contribution is -2.14. The molecule has 2 aromatic carbocycles. The maximum absolute atomic E-state index is 12.8. The van der Waals surface area contributed by atoms with E-state index < -0.39 is 22.2 Å². The Kier molecular flexibility index (Phi) is 2.91. The summed E-state index contributed by atoms with van der Waals surface area (Å²) in [6.07, 6.45) is -4.71. The van der Waals surface area contributed by atoms with Crippen molar-refractivity contribution in [3.8, 4) is 0 Å². The normalized spacial score (nSPS) is 12.0. The van der Waals surface area contributed by atoms with Gasteiger partial charge in [-0.05, 0) is 12.1 Å². The molecule has 3 aromatic rings. The van der Waals surface area contributed by atoms with Crippen LogP contribution < -0.4 is 5.43 Å². The van der Waals surface area contributed by atoms with Gasteiger partial charge >= 0.3 is 6.18 Å². The lowest BCUT2D eigenvalue weighted by Gasteiger charge is -2.09. The van der Waals surface area contributed by atoms with Crippen LogP contribution in [0, 0.1) is 10.1 Å². The standard InChI is InChI=1S/C14H7F3N2O3/c15-14(16,17)12-6-11(20)9-5-4-7-8(13(9)18-12)2-1-3-10(7)19(21)22/h1-6H,(H,18,20). The number of H-pyrrole nitrogens is 1. The molecular weight excluding hydrogens is 301 g/mol. The zero-order chi connectivity index (χ0) is 16.1. The zero-order valence-corrected chi connectivity index (χ0v) is 10.8. The van der Waals surface area contributed by atoms with Gasteiger partial charge in [0.25, 0.3) is 5.69 Å². The number of benzene rings is 2. The van der Waals surface area contributed by atoms with Crippen LogP contribution in [0.1, 0.15) is 5.69 Å². The number of halogens is 3. The number of nitrogens with zero attached hydrogens (tertiary/aromatic N) is 1. The minimum Gasteiger partial charge on any atom is -0.350 e. The predicted octanol–water partition coefficient (Wildman–Crippen LogP) is 3.61. The number of hydrogen-bond donors (Lipinski definition) is 1. The molecule has 0 atom stereocenters. The number of nitrogens with one attached hydrogen (secondary N) is 1. The third-order valence-electron chi connectivity index (χ3n) is 3.34. The number of hydrogen-bond acceptors (Lipinski definition) is 3. The smallest absolute Gasteiger partial charge is 0.350 e. The van der Waals surface area contributed by atoms with Crippen LogP contribution in [0.3, 0.4) is 0 Å². The van der Waals surface area contributed by atoms with Gasteiger partial charge in [-0.15, -0.1) is 0 Å². The summed E-state index contributed by atoms with van der Waals surface area (Å²) in [5.74, 6) is 0. The van der Waals surface area contributed by atoms with Crippen LogP contribution in [-0.4, -0.2) is 9.91 Å². The molecule has 1 N–H and O–H groups in total. The molecule has 0 fully saturated rings. The molecule has 0 aliphatic heterocycles. The first kappa shape index (κ1) is 14.1. The Morgan fingerprint density at radius 3 is 2.36 bits per heavy atom. The van der Waals surface area contributed by atoms with Gasteiger partial charge in [0.1, 0.15) is 5.69 Å². The summed E-state index contributed by atoms with van der Waals surface area (Å²) >= 11 is 0. The molecule has 0 amide bonds. The number of non-ortho nitro benzene ring substituents is 1. The average molecular weight is 308 g/mol. The van der Waals surface area contributed by atoms with Crippen molar-refractivity contribution >= 4 is 27.4 Å². The van der Waals surface area contributed by atoms with Crippen molar-refractivity contribution in [3.63, 3.8) is 0 Å². The number of pyridine rings is 1. The summed E-state index contributed by atoms with van der Waals surface area (Å²) in [5, 5.41) is 11.4. The van der Waals surface area contributed by atoms with E-state index in [0.717, 1.165) is 0 Å². The van der Waals surface area contributed by atoms with Crippen molar-refractivity contribution in [2.24, 2.45) is 0 Å². The Bertz CT molecular complexity index is 977. The highest BCUT2D eigenvalue weighted by Crippen LogP contribution is 2.32. The van der Waals surface area contributed by atoms with Crippen molar-refractivity contribution in [1.82, 2.24) is 4.98 Å². The Hall–Kier alpha value is -2.90. The second-order valence-electron chi connectivity index (χ2n) is 4.66. The number of aromatic nitrogens is 1. The molecule has 0 saturated carbocycles. The second kappa shape index (κ2) is 4.55. The third kappa shape index (κ3) is 2.09. The zero-order valence-electron chi connectivity index (χ0n) is 10.8. The van der Waals surface area contributed by atoms with E-state index in [1.165, 1.54) is 30.3 Å². The Labute approximate surface area is 120 Å². The number of alkyl halides is 3. The van der Waals surface area contributed by atoms with E-state index in [9.17, 15) is 28.1 Å². The third-order valence-corrected chi connectivity index (χ3v) is 3.34. The summed E-state index contributed by atoms with van der Waals surface area (Å²) < 4.78 is 38.5. The minimum atomic E-state index is -4.71. The summed E-state index contributed by atoms with van der Waals surface area (Å²) in [5.41, 5.74) is -2.29. The maximum Gasteiger partial charge on any atom is 0.431 e. The van der Waals surface area contributed by atoms with Crippen LogP contribution in [-0.2, 0) is 6.18 Å². The highest BCUT2D eigenvalue weighted by Gasteiger charge is 2.32. The Morgan fingerprint density at radius 2 is 1.73 bits per heavy atom. The van der Waals surface area contributed by atoms with Crippen LogP contribution in [0.5, 0.6) is 0 Å². The van der Waals surface area contributed by atoms with E-state index >= 15 is 0 Å². The highest BCUT2D eigenvalue weighted by molar-refractivity contribution is 6.08. The quantitative estimate of drug-likeness (QED) is 0.424. The van der Waals surface area contributed by atoms with Crippen LogP contribution >= 0.6 is 0 Å². The predicted molar refractivity (Wildman–Crippen MR) is 73.7 cm³/mol. The van der Waals surface area contributed by atoms with Crippen LogP contribution in [0.25, 0.3) is 21.7 Å². The summed E-state index contributed by atoms with van der Waals surface area (Å²) in [6.45, 7) is 0. The average Bonchev–Trinajstić information content (AvgIpc) is 2.45. The van der Waals surface area contributed by atoms with E-state index in [0.29, 0.717) is 6.07 Å². The molecule has 3 rings (SSSR count). The number of rotatable bonds is 1. The van der Waals surface area contributed by atoms with Crippen molar-refractivity contribution < 1.29 is 18.1 Å². The number of nitro benzene ring substituents is 1. The lowest BCUT2D eigenvalue weighted by atomic mass is 10.0. The molecule has 0 bridgehead atoms. The molecule has 1 heterocycles. The van der Waals surface area contributed by atoms with Gasteiger partial charge in [0.15, 0.2) is 5.43 Å². The topological polar surface area (TPSA) is 76.0 Å². The van der Waals surface area contributed by atoms with Gasteiger partial charge in [-0.2, -0.15) is 13.2 Å². The van der Waals surface area contributed by atoms with E-state index in [1.54, 1.807) is 0 Å². The molecule has 0 spiro atoms. The molecule has 112 valence electrons. The molecule has 0 saturated heterocycles. The fourth-order valence-corrected chi connectivity index (χ4v) is 2.37. The monoisotopic (exact) mass is 308 g/mol. The fourth-order valence-electron chi connectivity index (χ4n) is 2.37. The molecule has 1 aromatic heterocycles. The summed E-state index contributed by atoms with van der Waals surface area (Å²) in [4.78, 5) is 24.4. The molecular formula is C14H7F3N2O3. The van der Waals surface area contributed by atoms with Gasteiger partial charge in [-0.25, -0.2) is 0 Å². The SMILES string of the molecule is O=c1cc(C(F)(F)F)[nH]c2c1ccc1c([N+](=O)[O-])cccc12. The molecule has 5 nitrogen and oxygen atoms in total. The Balaban J connectivity index is 2.50. The van der Waals surface area contributed by atoms with Gasteiger partial charge in [0.2, 0.25) is 0 Å². The van der Waals surface area contributed by atoms with Crippen molar-refractivity contribution in [2.75, 3.05) is 0 Å². The first-order valence-electron chi connectivity index (χ1n) is 6.09. The number of fused-ring (bicyclic) bond motifs is 3. The van der Waals surface area contributed by atoms with E-state index in [1.807, 2.05) is 0 Å². The summed E-state index contributed by atoms with van der Waals surface area (Å²) in [6, 6.07) is 7.16. The first-order chi connectivity index (χ1) is 10.3. The minimum absolute atomic E-state index is 0.0426. The van der Waals surface area contributed by atoms with E-state index in [4.69, 9.17) is 0 Å². The molecule has 0 radical (unpaired) electrons. The van der Waals surface area contributed by atoms with Gasteiger partial charge in [0, 0.05) is 22.9 Å². The van der Waals surface area contributed by atoms with Crippen LogP contribution in [0.4, 0.5) is 18.9 Å². The molecule has 8 heteroatoms. The lowest BCUT2D eigenvalue weighted by molar-refractivity contribution is -0.383. The fraction of sp³-hybridized carbons (Fsp3) is 0.0714. The highest BCUT2D eigenvalue weighted by atomic mass is 19.4. The second-order valence-corrected chi connectivity index (χ2v) is 4.66. The van der Waals surface area contributed by atoms with Gasteiger partial charge in [-0.3, -0.25) is 14.9 Å². The molecule has 0 unspecified atom stereocenters. The maximum atomic E-state index is 12.8. The molecule has 0 aliphatic rings. The molecule has 22 heavy (non-hydrogen) atoms. The van der Waals surface area contributed by atoms with Crippen molar-refractivity contribution in [2.45, 2.75) is 6.18 Å². The van der Waals surface area contributed by atoms with Crippen LogP contribution in [0.15, 0.2) is 41.2 Å². The summed E-state index contributed by atoms with van der Waals surface area (Å²) in [7, 11) is 0. The first-order valence-corrected chi connectivity index (χ1v) is 6.09.